The van der Waals surface area contributed by atoms with E-state index in [0.717, 1.165) is 12.8 Å². The van der Waals surface area contributed by atoms with E-state index in [9.17, 15) is 4.79 Å². The van der Waals surface area contributed by atoms with E-state index in [1.807, 2.05) is 12.1 Å². The number of carbonyl (C=O) groups excluding carboxylic acids is 1. The van der Waals surface area contributed by atoms with E-state index in [0.29, 0.717) is 31.8 Å². The summed E-state index contributed by atoms with van der Waals surface area (Å²) in [6.45, 7) is 5.68. The highest BCUT2D eigenvalue weighted by Gasteiger charge is 2.64. The van der Waals surface area contributed by atoms with Crippen molar-refractivity contribution in [1.29, 1.82) is 0 Å². The quantitative estimate of drug-likeness (QED) is 0.731. The summed E-state index contributed by atoms with van der Waals surface area (Å²) in [7, 11) is 0. The third-order valence-electron chi connectivity index (χ3n) is 6.05. The molecule has 3 nitrogen and oxygen atoms in total. The third kappa shape index (κ3) is 1.91. The minimum atomic E-state index is -0.511. The maximum atomic E-state index is 11.9. The van der Waals surface area contributed by atoms with Crippen LogP contribution in [0.5, 0.6) is 0 Å². The van der Waals surface area contributed by atoms with Crippen molar-refractivity contribution in [3.05, 3.63) is 35.4 Å². The van der Waals surface area contributed by atoms with Crippen molar-refractivity contribution >= 4 is 5.78 Å². The smallest absolute Gasteiger partial charge is 0.170 e. The van der Waals surface area contributed by atoms with Gasteiger partial charge in [-0.3, -0.25) is 4.79 Å². The summed E-state index contributed by atoms with van der Waals surface area (Å²) in [5, 5.41) is 0. The molecule has 1 heterocycles. The Kier molecular flexibility index (Phi) is 2.68. The molecule has 2 atom stereocenters. The second-order valence-corrected chi connectivity index (χ2v) is 7.62. The summed E-state index contributed by atoms with van der Waals surface area (Å²) in [4.78, 5) is 11.9. The number of Topliss-reactive ketones (excluding diaryl/α,β-unsaturated/α-hetero) is 1. The molecule has 3 aliphatic rings. The van der Waals surface area contributed by atoms with E-state index >= 15 is 0 Å². The van der Waals surface area contributed by atoms with E-state index in [2.05, 4.69) is 26.0 Å². The molecule has 0 bridgehead atoms. The molecule has 2 fully saturated rings. The number of carbonyl (C=O) groups is 1. The zero-order valence-electron chi connectivity index (χ0n) is 12.8. The predicted octanol–water partition coefficient (Wildman–Crippen LogP) is 3.60. The maximum absolute atomic E-state index is 11.9. The van der Waals surface area contributed by atoms with Gasteiger partial charge in [-0.25, -0.2) is 0 Å². The van der Waals surface area contributed by atoms with Crippen LogP contribution in [0.1, 0.15) is 50.7 Å². The van der Waals surface area contributed by atoms with Crippen LogP contribution in [0.4, 0.5) is 0 Å². The van der Waals surface area contributed by atoms with Crippen molar-refractivity contribution in [2.75, 3.05) is 0 Å². The Balaban J connectivity index is 1.63. The Bertz CT molecular complexity index is 557. The molecule has 1 aliphatic heterocycles. The third-order valence-corrected chi connectivity index (χ3v) is 6.05. The molecule has 21 heavy (non-hydrogen) atoms. The molecule has 0 unspecified atom stereocenters. The predicted molar refractivity (Wildman–Crippen MR) is 78.4 cm³/mol. The lowest BCUT2D eigenvalue weighted by Crippen LogP contribution is -2.33. The highest BCUT2D eigenvalue weighted by atomic mass is 16.7. The van der Waals surface area contributed by atoms with E-state index in [4.69, 9.17) is 9.47 Å². The summed E-state index contributed by atoms with van der Waals surface area (Å²) in [6.07, 6.45) is 3.00. The standard InChI is InChI=1S/C18H22O3/c1-16-7-15(19)8-17(16,2)12-18(11-16)20-9-13-5-3-4-6-14(13)10-21-18/h3-6H,7-12H2,1-2H3/t16-,17+. The number of benzene rings is 1. The van der Waals surface area contributed by atoms with Gasteiger partial charge in [-0.05, 0) is 22.0 Å². The summed E-state index contributed by atoms with van der Waals surface area (Å²) >= 11 is 0. The van der Waals surface area contributed by atoms with Crippen LogP contribution >= 0.6 is 0 Å². The van der Waals surface area contributed by atoms with Crippen molar-refractivity contribution in [2.24, 2.45) is 10.8 Å². The SMILES string of the molecule is C[C@@]12CC(=O)C[C@]1(C)CC1(C2)OCc2ccccc2CO1. The molecule has 2 saturated carbocycles. The number of ether oxygens (including phenoxy) is 2. The lowest BCUT2D eigenvalue weighted by Gasteiger charge is -2.32. The summed E-state index contributed by atoms with van der Waals surface area (Å²) < 4.78 is 12.5. The molecule has 112 valence electrons. The fraction of sp³-hybridized carbons (Fsp3) is 0.611. The van der Waals surface area contributed by atoms with E-state index in [-0.39, 0.29) is 10.8 Å². The molecular weight excluding hydrogens is 264 g/mol. The van der Waals surface area contributed by atoms with Crippen molar-refractivity contribution in [2.45, 2.75) is 58.5 Å². The van der Waals surface area contributed by atoms with Crippen LogP contribution in [-0.2, 0) is 27.5 Å². The van der Waals surface area contributed by atoms with Gasteiger partial charge in [0.15, 0.2) is 5.79 Å². The molecule has 3 heteroatoms. The Labute approximate surface area is 125 Å². The molecule has 2 aliphatic carbocycles. The van der Waals surface area contributed by atoms with Gasteiger partial charge in [-0.2, -0.15) is 0 Å². The largest absolute Gasteiger partial charge is 0.345 e. The lowest BCUT2D eigenvalue weighted by atomic mass is 9.71. The molecule has 0 saturated heterocycles. The van der Waals surface area contributed by atoms with Crippen molar-refractivity contribution in [3.63, 3.8) is 0 Å². The van der Waals surface area contributed by atoms with Crippen LogP contribution in [0, 0.1) is 10.8 Å². The minimum absolute atomic E-state index is 0.0145. The fourth-order valence-electron chi connectivity index (χ4n) is 4.67. The topological polar surface area (TPSA) is 35.5 Å². The van der Waals surface area contributed by atoms with Crippen LogP contribution in [0.2, 0.25) is 0 Å². The molecule has 1 aromatic rings. The number of hydrogen-bond acceptors (Lipinski definition) is 3. The van der Waals surface area contributed by atoms with E-state index < -0.39 is 5.79 Å². The van der Waals surface area contributed by atoms with Crippen LogP contribution in [-0.4, -0.2) is 11.6 Å². The zero-order chi connectivity index (χ0) is 14.7. The number of rotatable bonds is 0. The highest BCUT2D eigenvalue weighted by Crippen LogP contribution is 2.65. The molecular formula is C18H22O3. The molecule has 0 radical (unpaired) electrons. The van der Waals surface area contributed by atoms with Crippen molar-refractivity contribution in [1.82, 2.24) is 0 Å². The average Bonchev–Trinajstić information content (AvgIpc) is 2.66. The molecule has 1 aromatic carbocycles. The average molecular weight is 286 g/mol. The van der Waals surface area contributed by atoms with Gasteiger partial charge in [0.1, 0.15) is 5.78 Å². The first-order valence-corrected chi connectivity index (χ1v) is 7.80. The molecule has 1 spiro atoms. The van der Waals surface area contributed by atoms with Crippen LogP contribution in [0.25, 0.3) is 0 Å². The van der Waals surface area contributed by atoms with Gasteiger partial charge >= 0.3 is 0 Å². The Morgan fingerprint density at radius 3 is 1.86 bits per heavy atom. The normalized spacial score (nSPS) is 37.3. The van der Waals surface area contributed by atoms with Gasteiger partial charge < -0.3 is 9.47 Å². The van der Waals surface area contributed by atoms with Crippen LogP contribution < -0.4 is 0 Å². The first-order chi connectivity index (χ1) is 9.94. The first-order valence-electron chi connectivity index (χ1n) is 7.80. The monoisotopic (exact) mass is 286 g/mol. The summed E-state index contributed by atoms with van der Waals surface area (Å²) in [5.74, 6) is -0.116. The van der Waals surface area contributed by atoms with Crippen LogP contribution in [0.15, 0.2) is 24.3 Å². The first kappa shape index (κ1) is 13.5. The minimum Gasteiger partial charge on any atom is -0.345 e. The summed E-state index contributed by atoms with van der Waals surface area (Å²) in [6, 6.07) is 8.32. The number of hydrogen-bond donors (Lipinski definition) is 0. The van der Waals surface area contributed by atoms with Crippen molar-refractivity contribution < 1.29 is 14.3 Å². The zero-order valence-corrected chi connectivity index (χ0v) is 12.8. The van der Waals surface area contributed by atoms with Gasteiger partial charge in [0.05, 0.1) is 13.2 Å². The van der Waals surface area contributed by atoms with Crippen LogP contribution in [0.3, 0.4) is 0 Å². The Morgan fingerprint density at radius 2 is 1.38 bits per heavy atom. The van der Waals surface area contributed by atoms with Gasteiger partial charge in [0.2, 0.25) is 0 Å². The highest BCUT2D eigenvalue weighted by molar-refractivity contribution is 5.83. The maximum Gasteiger partial charge on any atom is 0.170 e. The molecule has 4 rings (SSSR count). The van der Waals surface area contributed by atoms with Gasteiger partial charge in [0.25, 0.3) is 0 Å². The number of fused-ring (bicyclic) bond motifs is 2. The van der Waals surface area contributed by atoms with E-state index in [1.54, 1.807) is 0 Å². The Hall–Kier alpha value is -1.19. The summed E-state index contributed by atoms with van der Waals surface area (Å²) in [5.41, 5.74) is 2.47. The Morgan fingerprint density at radius 1 is 0.905 bits per heavy atom. The van der Waals surface area contributed by atoms with E-state index in [1.165, 1.54) is 11.1 Å². The molecule has 0 amide bonds. The van der Waals surface area contributed by atoms with Crippen molar-refractivity contribution in [3.8, 4) is 0 Å². The van der Waals surface area contributed by atoms with Gasteiger partial charge in [-0.15, -0.1) is 0 Å². The lowest BCUT2D eigenvalue weighted by molar-refractivity contribution is -0.245. The second-order valence-electron chi connectivity index (χ2n) is 7.62. The van der Waals surface area contributed by atoms with Gasteiger partial charge in [-0.1, -0.05) is 38.1 Å². The number of ketones is 1. The fourth-order valence-corrected chi connectivity index (χ4v) is 4.67. The van der Waals surface area contributed by atoms with Gasteiger partial charge in [0, 0.05) is 25.7 Å². The molecule has 0 aromatic heterocycles. The second kappa shape index (κ2) is 4.17. The molecule has 0 N–H and O–H groups in total.